The van der Waals surface area contributed by atoms with Gasteiger partial charge in [0.1, 0.15) is 0 Å². The quantitative estimate of drug-likeness (QED) is 0.665. The third-order valence-electron chi connectivity index (χ3n) is 2.31. The Morgan fingerprint density at radius 1 is 1.46 bits per heavy atom. The van der Waals surface area contributed by atoms with Gasteiger partial charge in [0, 0.05) is 29.8 Å². The second kappa shape index (κ2) is 3.56. The Labute approximate surface area is 83.3 Å². The van der Waals surface area contributed by atoms with E-state index in [0.29, 0.717) is 6.04 Å². The lowest BCUT2D eigenvalue weighted by Crippen LogP contribution is -2.29. The van der Waals surface area contributed by atoms with E-state index in [9.17, 15) is 0 Å². The van der Waals surface area contributed by atoms with Crippen molar-refractivity contribution in [3.63, 3.8) is 0 Å². The minimum atomic E-state index is 0.506. The van der Waals surface area contributed by atoms with Gasteiger partial charge in [0.2, 0.25) is 0 Å². The number of rotatable bonds is 0. The average Bonchev–Trinajstić information content (AvgIpc) is 2.29. The topological polar surface area (TPSA) is 24.1 Å². The van der Waals surface area contributed by atoms with Crippen LogP contribution in [0.5, 0.6) is 0 Å². The Kier molecular flexibility index (Phi) is 2.42. The van der Waals surface area contributed by atoms with Crippen LogP contribution in [0.2, 0.25) is 5.02 Å². The molecule has 1 aliphatic rings. The predicted octanol–water partition coefficient (Wildman–Crippen LogP) is 2.24. The zero-order valence-corrected chi connectivity index (χ0v) is 8.36. The summed E-state index contributed by atoms with van der Waals surface area (Å²) in [4.78, 5) is 0. The van der Waals surface area contributed by atoms with Crippen molar-refractivity contribution in [2.45, 2.75) is 19.5 Å². The molecule has 0 saturated carbocycles. The summed E-state index contributed by atoms with van der Waals surface area (Å²) in [5.41, 5.74) is 2.44. The standard InChI is InChI=1S/C10H13ClN2/c1-7-5-13-10-3-2-9(11)4-8(10)6-12-7/h2-4,7,12-13H,5-6H2,1H3/t7-/m0/s1. The first-order valence-electron chi connectivity index (χ1n) is 4.51. The molecule has 2 rings (SSSR count). The van der Waals surface area contributed by atoms with Crippen molar-refractivity contribution in [1.82, 2.24) is 5.32 Å². The fraction of sp³-hybridized carbons (Fsp3) is 0.400. The van der Waals surface area contributed by atoms with Gasteiger partial charge in [-0.3, -0.25) is 0 Å². The Bertz CT molecular complexity index is 312. The lowest BCUT2D eigenvalue weighted by atomic mass is 10.2. The van der Waals surface area contributed by atoms with Crippen LogP contribution in [0.4, 0.5) is 5.69 Å². The third-order valence-corrected chi connectivity index (χ3v) is 2.54. The van der Waals surface area contributed by atoms with E-state index >= 15 is 0 Å². The minimum absolute atomic E-state index is 0.506. The fourth-order valence-electron chi connectivity index (χ4n) is 1.50. The molecule has 70 valence electrons. The summed E-state index contributed by atoms with van der Waals surface area (Å²) in [6.45, 7) is 4.03. The van der Waals surface area contributed by atoms with Crippen molar-refractivity contribution in [3.05, 3.63) is 28.8 Å². The smallest absolute Gasteiger partial charge is 0.0410 e. The van der Waals surface area contributed by atoms with Crippen molar-refractivity contribution in [1.29, 1.82) is 0 Å². The second-order valence-corrected chi connectivity index (χ2v) is 3.90. The first kappa shape index (κ1) is 8.85. The van der Waals surface area contributed by atoms with E-state index < -0.39 is 0 Å². The van der Waals surface area contributed by atoms with Gasteiger partial charge in [0.15, 0.2) is 0 Å². The summed E-state index contributed by atoms with van der Waals surface area (Å²) in [6.07, 6.45) is 0. The summed E-state index contributed by atoms with van der Waals surface area (Å²) >= 11 is 5.91. The molecule has 2 N–H and O–H groups in total. The van der Waals surface area contributed by atoms with Gasteiger partial charge in [-0.15, -0.1) is 0 Å². The molecule has 1 atom stereocenters. The number of anilines is 1. The summed E-state index contributed by atoms with van der Waals surface area (Å²) in [5, 5.41) is 7.59. The third kappa shape index (κ3) is 1.95. The highest BCUT2D eigenvalue weighted by Gasteiger charge is 2.10. The molecule has 3 heteroatoms. The van der Waals surface area contributed by atoms with Crippen molar-refractivity contribution in [2.75, 3.05) is 11.9 Å². The molecule has 1 aromatic carbocycles. The molecule has 13 heavy (non-hydrogen) atoms. The minimum Gasteiger partial charge on any atom is -0.383 e. The van der Waals surface area contributed by atoms with Crippen LogP contribution in [0.25, 0.3) is 0 Å². The lowest BCUT2D eigenvalue weighted by Gasteiger charge is -2.08. The van der Waals surface area contributed by atoms with E-state index in [2.05, 4.69) is 17.6 Å². The molecule has 1 aromatic rings. The number of hydrogen-bond acceptors (Lipinski definition) is 2. The molecule has 0 amide bonds. The molecule has 1 heterocycles. The molecule has 1 aliphatic heterocycles. The largest absolute Gasteiger partial charge is 0.383 e. The Hall–Kier alpha value is -0.730. The summed E-state index contributed by atoms with van der Waals surface area (Å²) in [5.74, 6) is 0. The number of nitrogens with one attached hydrogen (secondary N) is 2. The van der Waals surface area contributed by atoms with Crippen molar-refractivity contribution >= 4 is 17.3 Å². The van der Waals surface area contributed by atoms with Crippen LogP contribution in [0.15, 0.2) is 18.2 Å². The predicted molar refractivity (Wildman–Crippen MR) is 56.2 cm³/mol. The molecular weight excluding hydrogens is 184 g/mol. The Morgan fingerprint density at radius 2 is 2.31 bits per heavy atom. The maximum absolute atomic E-state index is 5.91. The van der Waals surface area contributed by atoms with Crippen LogP contribution < -0.4 is 10.6 Å². The SMILES string of the molecule is C[C@H]1CNc2ccc(Cl)cc2CN1. The molecule has 0 saturated heterocycles. The Balaban J connectivity index is 2.30. The number of halogens is 1. The zero-order valence-electron chi connectivity index (χ0n) is 7.60. The van der Waals surface area contributed by atoms with Crippen LogP contribution in [0.3, 0.4) is 0 Å². The molecule has 0 fully saturated rings. The molecule has 0 aliphatic carbocycles. The van der Waals surface area contributed by atoms with E-state index in [0.717, 1.165) is 18.1 Å². The summed E-state index contributed by atoms with van der Waals surface area (Å²) in [6, 6.07) is 6.47. The average molecular weight is 197 g/mol. The van der Waals surface area contributed by atoms with Gasteiger partial charge < -0.3 is 10.6 Å². The van der Waals surface area contributed by atoms with Gasteiger partial charge in [0.25, 0.3) is 0 Å². The van der Waals surface area contributed by atoms with Gasteiger partial charge in [0.05, 0.1) is 0 Å². The van der Waals surface area contributed by atoms with Gasteiger partial charge in [-0.2, -0.15) is 0 Å². The van der Waals surface area contributed by atoms with E-state index in [-0.39, 0.29) is 0 Å². The van der Waals surface area contributed by atoms with Gasteiger partial charge in [-0.1, -0.05) is 11.6 Å². The van der Waals surface area contributed by atoms with Crippen LogP contribution in [-0.2, 0) is 6.54 Å². The fourth-order valence-corrected chi connectivity index (χ4v) is 1.70. The van der Waals surface area contributed by atoms with E-state index in [4.69, 9.17) is 11.6 Å². The molecule has 0 spiro atoms. The first-order valence-corrected chi connectivity index (χ1v) is 4.89. The highest BCUT2D eigenvalue weighted by molar-refractivity contribution is 6.30. The molecule has 0 aromatic heterocycles. The summed E-state index contributed by atoms with van der Waals surface area (Å²) < 4.78 is 0. The van der Waals surface area contributed by atoms with Crippen LogP contribution in [-0.4, -0.2) is 12.6 Å². The highest BCUT2D eigenvalue weighted by Crippen LogP contribution is 2.22. The van der Waals surface area contributed by atoms with Crippen LogP contribution in [0.1, 0.15) is 12.5 Å². The van der Waals surface area contributed by atoms with Crippen molar-refractivity contribution < 1.29 is 0 Å². The molecular formula is C10H13ClN2. The molecule has 0 unspecified atom stereocenters. The zero-order chi connectivity index (χ0) is 9.26. The number of fused-ring (bicyclic) bond motifs is 1. The van der Waals surface area contributed by atoms with E-state index in [1.165, 1.54) is 11.3 Å². The second-order valence-electron chi connectivity index (χ2n) is 3.46. The molecule has 0 radical (unpaired) electrons. The summed E-state index contributed by atoms with van der Waals surface area (Å²) in [7, 11) is 0. The van der Waals surface area contributed by atoms with Crippen molar-refractivity contribution in [3.8, 4) is 0 Å². The van der Waals surface area contributed by atoms with Crippen molar-refractivity contribution in [2.24, 2.45) is 0 Å². The normalized spacial score (nSPS) is 21.5. The Morgan fingerprint density at radius 3 is 3.15 bits per heavy atom. The first-order chi connectivity index (χ1) is 6.25. The van der Waals surface area contributed by atoms with Crippen LogP contribution in [0, 0.1) is 0 Å². The molecule has 0 bridgehead atoms. The number of hydrogen-bond donors (Lipinski definition) is 2. The number of benzene rings is 1. The van der Waals surface area contributed by atoms with Gasteiger partial charge in [-0.25, -0.2) is 0 Å². The van der Waals surface area contributed by atoms with Gasteiger partial charge >= 0.3 is 0 Å². The maximum Gasteiger partial charge on any atom is 0.0410 e. The maximum atomic E-state index is 5.91. The monoisotopic (exact) mass is 196 g/mol. The van der Waals surface area contributed by atoms with Gasteiger partial charge in [-0.05, 0) is 30.7 Å². The highest BCUT2D eigenvalue weighted by atomic mass is 35.5. The molecule has 2 nitrogen and oxygen atoms in total. The van der Waals surface area contributed by atoms with E-state index in [1.807, 2.05) is 18.2 Å². The van der Waals surface area contributed by atoms with Crippen LogP contribution >= 0.6 is 11.6 Å². The van der Waals surface area contributed by atoms with E-state index in [1.54, 1.807) is 0 Å². The lowest BCUT2D eigenvalue weighted by molar-refractivity contribution is 0.581.